The maximum atomic E-state index is 15.0. The van der Waals surface area contributed by atoms with Gasteiger partial charge in [0.2, 0.25) is 11.5 Å². The van der Waals surface area contributed by atoms with Gasteiger partial charge in [-0.15, -0.1) is 0 Å². The molecule has 46 heavy (non-hydrogen) atoms. The van der Waals surface area contributed by atoms with Crippen molar-refractivity contribution in [2.24, 2.45) is 5.73 Å². The number of ether oxygens (including phenoxy) is 4. The second-order valence-electron chi connectivity index (χ2n) is 11.3. The van der Waals surface area contributed by atoms with Crippen LogP contribution >= 0.6 is 0 Å². The van der Waals surface area contributed by atoms with E-state index in [2.05, 4.69) is 4.98 Å². The van der Waals surface area contributed by atoms with E-state index in [0.717, 1.165) is 6.07 Å². The lowest BCUT2D eigenvalue weighted by Crippen LogP contribution is -2.52. The van der Waals surface area contributed by atoms with E-state index in [-0.39, 0.29) is 105 Å². The fourth-order valence-corrected chi connectivity index (χ4v) is 5.69. The third-order valence-corrected chi connectivity index (χ3v) is 8.29. The van der Waals surface area contributed by atoms with Crippen LogP contribution in [0.2, 0.25) is 0 Å². The third kappa shape index (κ3) is 7.15. The number of amides is 3. The van der Waals surface area contributed by atoms with Gasteiger partial charge in [0.25, 0.3) is 5.91 Å². The van der Waals surface area contributed by atoms with Gasteiger partial charge in [0.05, 0.1) is 36.9 Å². The van der Waals surface area contributed by atoms with E-state index in [1.165, 1.54) is 22.8 Å². The van der Waals surface area contributed by atoms with Crippen molar-refractivity contribution in [3.8, 4) is 5.75 Å². The zero-order valence-electron chi connectivity index (χ0n) is 26.7. The second-order valence-corrected chi connectivity index (χ2v) is 11.3. The van der Waals surface area contributed by atoms with E-state index in [4.69, 9.17) is 24.7 Å². The molecule has 1 unspecified atom stereocenters. The first-order chi connectivity index (χ1) is 22.0. The number of hydrogen-bond donors (Lipinski definition) is 1. The molecule has 1 aromatic heterocycles. The van der Waals surface area contributed by atoms with Crippen LogP contribution in [-0.2, 0) is 28.6 Å². The standard InChI is InChI=1S/C32H41FN4O9/c1-5-43-24(38)10-9-20(29(40)36-13-15-37(16-14-36)31(42)45-7-3)26-25(28(34)39)27(21-18-22(33)19(4)17-23(21)35-26)46-32(11-8-12-32)30(41)44-6-2/h17-18,20H,5-16H2,1-4H3,(H2,34,39). The van der Waals surface area contributed by atoms with Gasteiger partial charge in [-0.05, 0) is 71.1 Å². The van der Waals surface area contributed by atoms with Crippen LogP contribution in [0.15, 0.2) is 12.1 Å². The molecule has 14 heteroatoms. The number of pyridine rings is 1. The zero-order valence-corrected chi connectivity index (χ0v) is 26.7. The molecule has 0 bridgehead atoms. The van der Waals surface area contributed by atoms with Crippen molar-refractivity contribution in [2.45, 2.75) is 71.3 Å². The Hall–Kier alpha value is -4.49. The molecule has 1 aliphatic heterocycles. The molecule has 2 aromatic rings. The minimum Gasteiger partial charge on any atom is -0.474 e. The lowest BCUT2D eigenvalue weighted by atomic mass is 9.79. The van der Waals surface area contributed by atoms with Crippen LogP contribution in [-0.4, -0.2) is 96.2 Å². The number of benzene rings is 1. The van der Waals surface area contributed by atoms with Crippen molar-refractivity contribution < 1.29 is 47.3 Å². The number of esters is 2. The minimum atomic E-state index is -1.44. The van der Waals surface area contributed by atoms with Crippen molar-refractivity contribution >= 4 is 40.7 Å². The molecule has 2 fully saturated rings. The molecule has 0 spiro atoms. The van der Waals surface area contributed by atoms with E-state index in [0.29, 0.717) is 6.42 Å². The maximum absolute atomic E-state index is 15.0. The lowest BCUT2D eigenvalue weighted by Gasteiger charge is -2.40. The van der Waals surface area contributed by atoms with Gasteiger partial charge in [0.15, 0.2) is 0 Å². The Kier molecular flexibility index (Phi) is 11.0. The predicted octanol–water partition coefficient (Wildman–Crippen LogP) is 3.37. The molecule has 1 atom stereocenters. The summed E-state index contributed by atoms with van der Waals surface area (Å²) in [6.07, 6.45) is 0.442. The van der Waals surface area contributed by atoms with Crippen LogP contribution in [0.25, 0.3) is 10.9 Å². The van der Waals surface area contributed by atoms with Crippen molar-refractivity contribution in [3.63, 3.8) is 0 Å². The average molecular weight is 645 g/mol. The highest BCUT2D eigenvalue weighted by molar-refractivity contribution is 6.05. The van der Waals surface area contributed by atoms with Gasteiger partial charge in [-0.1, -0.05) is 0 Å². The number of nitrogens with zero attached hydrogens (tertiary/aromatic N) is 3. The first kappa shape index (κ1) is 34.4. The summed E-state index contributed by atoms with van der Waals surface area (Å²) >= 11 is 0. The number of hydrogen-bond acceptors (Lipinski definition) is 10. The summed E-state index contributed by atoms with van der Waals surface area (Å²) in [5.41, 5.74) is 4.59. The molecular weight excluding hydrogens is 603 g/mol. The molecule has 2 N–H and O–H groups in total. The molecule has 13 nitrogen and oxygen atoms in total. The summed E-state index contributed by atoms with van der Waals surface area (Å²) in [7, 11) is 0. The number of nitrogens with two attached hydrogens (primary N) is 1. The van der Waals surface area contributed by atoms with E-state index < -0.39 is 47.2 Å². The number of halogens is 1. The Morgan fingerprint density at radius 2 is 1.59 bits per heavy atom. The number of fused-ring (bicyclic) bond motifs is 1. The molecule has 4 rings (SSSR count). The maximum Gasteiger partial charge on any atom is 0.409 e. The van der Waals surface area contributed by atoms with Crippen LogP contribution in [0.5, 0.6) is 5.75 Å². The van der Waals surface area contributed by atoms with Gasteiger partial charge in [-0.2, -0.15) is 0 Å². The molecule has 1 aliphatic carbocycles. The average Bonchev–Trinajstić information content (AvgIpc) is 2.99. The number of aromatic nitrogens is 1. The highest BCUT2D eigenvalue weighted by Crippen LogP contribution is 2.44. The molecule has 1 saturated carbocycles. The number of piperazine rings is 1. The van der Waals surface area contributed by atoms with E-state index in [1.54, 1.807) is 20.8 Å². The molecule has 250 valence electrons. The third-order valence-electron chi connectivity index (χ3n) is 8.29. The summed E-state index contributed by atoms with van der Waals surface area (Å²) in [6.45, 7) is 7.72. The molecule has 1 saturated heterocycles. The van der Waals surface area contributed by atoms with Crippen LogP contribution in [0.4, 0.5) is 9.18 Å². The monoisotopic (exact) mass is 644 g/mol. The van der Waals surface area contributed by atoms with Crippen molar-refractivity contribution in [1.29, 1.82) is 0 Å². The molecule has 0 radical (unpaired) electrons. The topological polar surface area (TPSA) is 168 Å². The quantitative estimate of drug-likeness (QED) is 0.267. The van der Waals surface area contributed by atoms with Gasteiger partial charge >= 0.3 is 18.0 Å². The van der Waals surface area contributed by atoms with Crippen LogP contribution in [0.3, 0.4) is 0 Å². The molecule has 2 aliphatic rings. The number of carbonyl (C=O) groups is 5. The first-order valence-corrected chi connectivity index (χ1v) is 15.6. The molecule has 2 heterocycles. The molecule has 3 amide bonds. The van der Waals surface area contributed by atoms with Gasteiger partial charge in [-0.25, -0.2) is 14.0 Å². The van der Waals surface area contributed by atoms with Crippen molar-refractivity contribution in [2.75, 3.05) is 46.0 Å². The Labute approximate surface area is 266 Å². The summed E-state index contributed by atoms with van der Waals surface area (Å²) in [5.74, 6) is -4.63. The van der Waals surface area contributed by atoms with E-state index in [1.807, 2.05) is 0 Å². The number of primary amides is 1. The summed E-state index contributed by atoms with van der Waals surface area (Å²) in [6, 6.07) is 2.61. The highest BCUT2D eigenvalue weighted by atomic mass is 19.1. The fraction of sp³-hybridized carbons (Fsp3) is 0.562. The summed E-state index contributed by atoms with van der Waals surface area (Å²) < 4.78 is 36.8. The van der Waals surface area contributed by atoms with Crippen LogP contribution in [0.1, 0.15) is 80.4 Å². The normalized spacial score (nSPS) is 16.3. The van der Waals surface area contributed by atoms with Crippen molar-refractivity contribution in [3.05, 3.63) is 34.8 Å². The molecular formula is C32H41FN4O9. The first-order valence-electron chi connectivity index (χ1n) is 15.6. The van der Waals surface area contributed by atoms with E-state index >= 15 is 0 Å². The fourth-order valence-electron chi connectivity index (χ4n) is 5.69. The SMILES string of the molecule is CCOC(=O)CCC(C(=O)N1CCN(C(=O)OCC)CC1)c1nc2cc(C)c(F)cc2c(OC2(C(=O)OCC)CCC2)c1C(N)=O. The minimum absolute atomic E-state index is 0.0681. The summed E-state index contributed by atoms with van der Waals surface area (Å²) in [4.78, 5) is 73.0. The second kappa shape index (κ2) is 14.7. The smallest absolute Gasteiger partial charge is 0.409 e. The van der Waals surface area contributed by atoms with Gasteiger partial charge < -0.3 is 34.5 Å². The summed E-state index contributed by atoms with van der Waals surface area (Å²) in [5, 5.41) is 0.0934. The molecule has 1 aromatic carbocycles. The number of rotatable bonds is 12. The Bertz CT molecular complexity index is 1500. The van der Waals surface area contributed by atoms with Crippen molar-refractivity contribution in [1.82, 2.24) is 14.8 Å². The number of carbonyl (C=O) groups excluding carboxylic acids is 5. The lowest BCUT2D eigenvalue weighted by molar-refractivity contribution is -0.169. The van der Waals surface area contributed by atoms with Crippen LogP contribution in [0, 0.1) is 12.7 Å². The predicted molar refractivity (Wildman–Crippen MR) is 163 cm³/mol. The van der Waals surface area contributed by atoms with Gasteiger partial charge in [0, 0.05) is 38.0 Å². The Balaban J connectivity index is 1.85. The van der Waals surface area contributed by atoms with E-state index in [9.17, 15) is 28.4 Å². The van der Waals surface area contributed by atoms with Gasteiger partial charge in [0.1, 0.15) is 17.1 Å². The Morgan fingerprint density at radius 3 is 2.15 bits per heavy atom. The highest BCUT2D eigenvalue weighted by Gasteiger charge is 2.49. The largest absolute Gasteiger partial charge is 0.474 e. The Morgan fingerprint density at radius 1 is 0.957 bits per heavy atom. The van der Waals surface area contributed by atoms with Gasteiger partial charge in [-0.3, -0.25) is 19.4 Å². The number of aryl methyl sites for hydroxylation is 1. The van der Waals surface area contributed by atoms with Crippen LogP contribution < -0.4 is 10.5 Å². The zero-order chi connectivity index (χ0) is 33.6.